The largest absolute Gasteiger partial charge is 0.368 e. The smallest absolute Gasteiger partial charge is 0.103 e. The first-order valence-electron chi connectivity index (χ1n) is 6.62. The van der Waals surface area contributed by atoms with E-state index in [0.29, 0.717) is 0 Å². The van der Waals surface area contributed by atoms with E-state index in [0.717, 1.165) is 40.7 Å². The van der Waals surface area contributed by atoms with Gasteiger partial charge in [0.1, 0.15) is 6.07 Å². The number of anilines is 1. The summed E-state index contributed by atoms with van der Waals surface area (Å²) in [5.41, 5.74) is 1.95. The minimum Gasteiger partial charge on any atom is -0.368 e. The number of nitriles is 1. The lowest BCUT2D eigenvalue weighted by atomic mass is 10.1. The van der Waals surface area contributed by atoms with Gasteiger partial charge in [-0.3, -0.25) is 0 Å². The van der Waals surface area contributed by atoms with Crippen molar-refractivity contribution in [2.45, 2.75) is 30.4 Å². The quantitative estimate of drug-likeness (QED) is 0.787. The van der Waals surface area contributed by atoms with Crippen LogP contribution in [0.1, 0.15) is 26.3 Å². The molecule has 0 saturated carbocycles. The van der Waals surface area contributed by atoms with Crippen LogP contribution in [0.5, 0.6) is 0 Å². The zero-order valence-corrected chi connectivity index (χ0v) is 13.4. The summed E-state index contributed by atoms with van der Waals surface area (Å²) in [6.07, 6.45) is 0. The Balaban J connectivity index is 2.34. The van der Waals surface area contributed by atoms with Crippen LogP contribution in [0.4, 0.5) is 5.69 Å². The molecule has 102 valence electrons. The molecule has 1 aromatic rings. The highest BCUT2D eigenvalue weighted by Crippen LogP contribution is 2.36. The average Bonchev–Trinajstić information content (AvgIpc) is 2.37. The Bertz CT molecular complexity index is 491. The Kier molecular flexibility index (Phi) is 4.70. The van der Waals surface area contributed by atoms with Crippen molar-refractivity contribution in [2.24, 2.45) is 0 Å². The van der Waals surface area contributed by atoms with Crippen LogP contribution < -0.4 is 4.90 Å². The van der Waals surface area contributed by atoms with E-state index in [-0.39, 0.29) is 4.75 Å². The van der Waals surface area contributed by atoms with E-state index < -0.39 is 0 Å². The zero-order chi connectivity index (χ0) is 13.9. The lowest BCUT2D eigenvalue weighted by Gasteiger charge is -2.39. The number of benzene rings is 1. The molecular weight excluding hydrogens is 272 g/mol. The van der Waals surface area contributed by atoms with Crippen LogP contribution in [0.15, 0.2) is 23.1 Å². The van der Waals surface area contributed by atoms with Gasteiger partial charge in [-0.25, -0.2) is 0 Å². The minimum atomic E-state index is 0.263. The van der Waals surface area contributed by atoms with Gasteiger partial charge in [0.25, 0.3) is 0 Å². The van der Waals surface area contributed by atoms with Gasteiger partial charge < -0.3 is 4.90 Å². The molecule has 0 aromatic heterocycles. The van der Waals surface area contributed by atoms with E-state index in [1.807, 2.05) is 11.8 Å². The average molecular weight is 292 g/mol. The predicted molar refractivity (Wildman–Crippen MR) is 86.3 cm³/mol. The van der Waals surface area contributed by atoms with Crippen LogP contribution in [0.3, 0.4) is 0 Å². The molecule has 4 heteroatoms. The second kappa shape index (κ2) is 6.11. The summed E-state index contributed by atoms with van der Waals surface area (Å²) in [7, 11) is 0. The van der Waals surface area contributed by atoms with Gasteiger partial charge in [-0.05, 0) is 31.7 Å². The van der Waals surface area contributed by atoms with Crippen LogP contribution in [-0.4, -0.2) is 29.3 Å². The number of rotatable bonds is 3. The fourth-order valence-electron chi connectivity index (χ4n) is 2.39. The van der Waals surface area contributed by atoms with Crippen molar-refractivity contribution in [3.63, 3.8) is 0 Å². The molecule has 0 amide bonds. The molecule has 0 unspecified atom stereocenters. The van der Waals surface area contributed by atoms with Crippen LogP contribution >= 0.6 is 23.5 Å². The molecule has 2 rings (SSSR count). The SMILES string of the molecule is CCSc1cccc(N2CCSC(C)(C)C2)c1C#N. The second-order valence-electron chi connectivity index (χ2n) is 5.22. The first kappa shape index (κ1) is 14.6. The second-order valence-corrected chi connectivity index (χ2v) is 8.33. The summed E-state index contributed by atoms with van der Waals surface area (Å²) in [6, 6.07) is 8.62. The van der Waals surface area contributed by atoms with Crippen molar-refractivity contribution < 1.29 is 0 Å². The molecule has 0 radical (unpaired) electrons. The molecule has 1 aromatic carbocycles. The Morgan fingerprint density at radius 2 is 2.26 bits per heavy atom. The Labute approximate surface area is 124 Å². The van der Waals surface area contributed by atoms with Gasteiger partial charge in [0.2, 0.25) is 0 Å². The van der Waals surface area contributed by atoms with Crippen LogP contribution in [0.25, 0.3) is 0 Å². The van der Waals surface area contributed by atoms with Gasteiger partial charge in [-0.1, -0.05) is 13.0 Å². The highest BCUT2D eigenvalue weighted by atomic mass is 32.2. The van der Waals surface area contributed by atoms with E-state index in [4.69, 9.17) is 0 Å². The maximum atomic E-state index is 9.49. The number of hydrogen-bond donors (Lipinski definition) is 0. The summed E-state index contributed by atoms with van der Waals surface area (Å²) in [4.78, 5) is 3.48. The zero-order valence-electron chi connectivity index (χ0n) is 11.8. The molecule has 0 bridgehead atoms. The van der Waals surface area contributed by atoms with E-state index in [1.54, 1.807) is 11.8 Å². The van der Waals surface area contributed by atoms with E-state index in [9.17, 15) is 5.26 Å². The summed E-state index contributed by atoms with van der Waals surface area (Å²) < 4.78 is 0.263. The Hall–Kier alpha value is -0.790. The van der Waals surface area contributed by atoms with Crippen LogP contribution in [0.2, 0.25) is 0 Å². The minimum absolute atomic E-state index is 0.263. The normalized spacial score (nSPS) is 18.1. The van der Waals surface area contributed by atoms with Crippen LogP contribution in [-0.2, 0) is 0 Å². The summed E-state index contributed by atoms with van der Waals surface area (Å²) in [5, 5.41) is 9.49. The number of hydrogen-bond acceptors (Lipinski definition) is 4. The first-order valence-corrected chi connectivity index (χ1v) is 8.59. The summed E-state index contributed by atoms with van der Waals surface area (Å²) >= 11 is 3.77. The van der Waals surface area contributed by atoms with Gasteiger partial charge in [0.15, 0.2) is 0 Å². The molecule has 1 saturated heterocycles. The third kappa shape index (κ3) is 3.40. The van der Waals surface area contributed by atoms with Gasteiger partial charge in [-0.15, -0.1) is 11.8 Å². The molecule has 0 N–H and O–H groups in total. The maximum Gasteiger partial charge on any atom is 0.103 e. The third-order valence-electron chi connectivity index (χ3n) is 3.18. The number of nitrogens with zero attached hydrogens (tertiary/aromatic N) is 2. The predicted octanol–water partition coefficient (Wildman–Crippen LogP) is 4.00. The molecular formula is C15H20N2S2. The van der Waals surface area contributed by atoms with Crippen molar-refractivity contribution in [3.8, 4) is 6.07 Å². The Morgan fingerprint density at radius 1 is 1.47 bits per heavy atom. The Morgan fingerprint density at radius 3 is 2.89 bits per heavy atom. The van der Waals surface area contributed by atoms with E-state index in [1.165, 1.54) is 0 Å². The van der Waals surface area contributed by atoms with E-state index in [2.05, 4.69) is 49.9 Å². The molecule has 1 heterocycles. The standard InChI is InChI=1S/C15H20N2S2/c1-4-18-14-7-5-6-13(12(14)10-16)17-8-9-19-15(2,3)11-17/h5-7H,4,8-9,11H2,1-3H3. The fourth-order valence-corrected chi connectivity index (χ4v) is 4.29. The molecule has 2 nitrogen and oxygen atoms in total. The van der Waals surface area contributed by atoms with Crippen molar-refractivity contribution in [3.05, 3.63) is 23.8 Å². The maximum absolute atomic E-state index is 9.49. The highest BCUT2D eigenvalue weighted by molar-refractivity contribution is 8.00. The molecule has 0 atom stereocenters. The third-order valence-corrected chi connectivity index (χ3v) is 5.42. The lowest BCUT2D eigenvalue weighted by Crippen LogP contribution is -2.43. The monoisotopic (exact) mass is 292 g/mol. The van der Waals surface area contributed by atoms with Crippen LogP contribution in [0, 0.1) is 11.3 Å². The van der Waals surface area contributed by atoms with Crippen molar-refractivity contribution in [1.29, 1.82) is 5.26 Å². The van der Waals surface area contributed by atoms with E-state index >= 15 is 0 Å². The lowest BCUT2D eigenvalue weighted by molar-refractivity contribution is 0.647. The van der Waals surface area contributed by atoms with Gasteiger partial charge in [0, 0.05) is 28.5 Å². The van der Waals surface area contributed by atoms with Crippen molar-refractivity contribution in [2.75, 3.05) is 29.5 Å². The van der Waals surface area contributed by atoms with Crippen molar-refractivity contribution >= 4 is 29.2 Å². The van der Waals surface area contributed by atoms with Crippen molar-refractivity contribution in [1.82, 2.24) is 0 Å². The summed E-state index contributed by atoms with van der Waals surface area (Å²) in [6.45, 7) is 8.72. The fraction of sp³-hybridized carbons (Fsp3) is 0.533. The molecule has 0 aliphatic carbocycles. The topological polar surface area (TPSA) is 27.0 Å². The molecule has 0 spiro atoms. The summed E-state index contributed by atoms with van der Waals surface area (Å²) in [5.74, 6) is 2.13. The molecule has 19 heavy (non-hydrogen) atoms. The highest BCUT2D eigenvalue weighted by Gasteiger charge is 2.28. The first-order chi connectivity index (χ1) is 9.07. The number of thioether (sulfide) groups is 2. The molecule has 1 fully saturated rings. The van der Waals surface area contributed by atoms with Gasteiger partial charge in [-0.2, -0.15) is 17.0 Å². The molecule has 1 aliphatic heterocycles. The van der Waals surface area contributed by atoms with Gasteiger partial charge in [0.05, 0.1) is 11.3 Å². The van der Waals surface area contributed by atoms with Gasteiger partial charge >= 0.3 is 0 Å². The molecule has 1 aliphatic rings.